The van der Waals surface area contributed by atoms with Crippen molar-refractivity contribution in [2.24, 2.45) is 0 Å². The van der Waals surface area contributed by atoms with Crippen LogP contribution in [0.4, 0.5) is 4.79 Å². The maximum atomic E-state index is 11.7. The molecule has 1 aromatic carbocycles. The first kappa shape index (κ1) is 17.3. The van der Waals surface area contributed by atoms with Gasteiger partial charge in [-0.05, 0) is 45.4 Å². The molecule has 1 amide bonds. The van der Waals surface area contributed by atoms with Crippen LogP contribution >= 0.6 is 11.6 Å². The third-order valence-electron chi connectivity index (χ3n) is 3.13. The molecule has 2 aromatic rings. The number of imidazole rings is 1. The fourth-order valence-electron chi connectivity index (χ4n) is 2.14. The summed E-state index contributed by atoms with van der Waals surface area (Å²) in [6.07, 6.45) is 3.71. The SMILES string of the molecule is Cc1ccc(Cl)c(-n2cncc2CCNC(=O)OC(C)(C)C)c1. The lowest BCUT2D eigenvalue weighted by Crippen LogP contribution is -2.33. The number of aryl methyl sites for hydroxylation is 1. The number of hydrogen-bond acceptors (Lipinski definition) is 3. The van der Waals surface area contributed by atoms with Gasteiger partial charge in [-0.25, -0.2) is 9.78 Å². The van der Waals surface area contributed by atoms with Crippen LogP contribution in [0.1, 0.15) is 32.0 Å². The third kappa shape index (κ3) is 4.99. The number of aromatic nitrogens is 2. The molecule has 23 heavy (non-hydrogen) atoms. The Morgan fingerprint density at radius 3 is 2.83 bits per heavy atom. The topological polar surface area (TPSA) is 56.2 Å². The second-order valence-electron chi connectivity index (χ2n) is 6.39. The van der Waals surface area contributed by atoms with Crippen molar-refractivity contribution >= 4 is 17.7 Å². The first-order valence-electron chi connectivity index (χ1n) is 7.51. The molecule has 0 saturated heterocycles. The van der Waals surface area contributed by atoms with Gasteiger partial charge in [-0.2, -0.15) is 0 Å². The number of carbonyl (C=O) groups excluding carboxylic acids is 1. The van der Waals surface area contributed by atoms with Gasteiger partial charge in [0.25, 0.3) is 0 Å². The Bertz CT molecular complexity index is 689. The number of carbonyl (C=O) groups is 1. The number of ether oxygens (including phenoxy) is 1. The van der Waals surface area contributed by atoms with Crippen molar-refractivity contribution in [1.29, 1.82) is 0 Å². The minimum atomic E-state index is -0.499. The second kappa shape index (κ2) is 7.04. The molecule has 6 heteroatoms. The fraction of sp³-hybridized carbons (Fsp3) is 0.412. The molecule has 0 aliphatic heterocycles. The number of alkyl carbamates (subject to hydrolysis) is 1. The van der Waals surface area contributed by atoms with Gasteiger partial charge in [0.15, 0.2) is 0 Å². The first-order valence-corrected chi connectivity index (χ1v) is 7.88. The Labute approximate surface area is 141 Å². The lowest BCUT2D eigenvalue weighted by Gasteiger charge is -2.19. The number of benzene rings is 1. The summed E-state index contributed by atoms with van der Waals surface area (Å²) >= 11 is 6.28. The second-order valence-corrected chi connectivity index (χ2v) is 6.80. The van der Waals surface area contributed by atoms with Crippen molar-refractivity contribution in [3.8, 4) is 5.69 Å². The zero-order valence-electron chi connectivity index (χ0n) is 13.9. The van der Waals surface area contributed by atoms with E-state index < -0.39 is 11.7 Å². The molecule has 0 fully saturated rings. The molecular weight excluding hydrogens is 314 g/mol. The first-order chi connectivity index (χ1) is 10.8. The van der Waals surface area contributed by atoms with Gasteiger partial charge < -0.3 is 14.6 Å². The summed E-state index contributed by atoms with van der Waals surface area (Å²) in [4.78, 5) is 15.9. The van der Waals surface area contributed by atoms with E-state index in [0.717, 1.165) is 16.9 Å². The summed E-state index contributed by atoms with van der Waals surface area (Å²) in [5, 5.41) is 3.41. The Morgan fingerprint density at radius 2 is 2.13 bits per heavy atom. The van der Waals surface area contributed by atoms with E-state index >= 15 is 0 Å². The maximum absolute atomic E-state index is 11.7. The summed E-state index contributed by atoms with van der Waals surface area (Å²) in [7, 11) is 0. The van der Waals surface area contributed by atoms with E-state index in [1.54, 1.807) is 12.5 Å². The number of halogens is 1. The molecule has 0 aliphatic carbocycles. The summed E-state index contributed by atoms with van der Waals surface area (Å²) in [6.45, 7) is 7.98. The molecule has 0 saturated carbocycles. The Kier molecular flexibility index (Phi) is 5.31. The third-order valence-corrected chi connectivity index (χ3v) is 3.45. The highest BCUT2D eigenvalue weighted by Gasteiger charge is 2.16. The smallest absolute Gasteiger partial charge is 0.407 e. The molecule has 0 spiro atoms. The number of amides is 1. The maximum Gasteiger partial charge on any atom is 0.407 e. The summed E-state index contributed by atoms with van der Waals surface area (Å²) in [6, 6.07) is 5.84. The van der Waals surface area contributed by atoms with E-state index in [0.29, 0.717) is 18.0 Å². The standard InChI is InChI=1S/C17H22ClN3O2/c1-12-5-6-14(18)15(9-12)21-11-19-10-13(21)7-8-20-16(22)23-17(2,3)4/h5-6,9-11H,7-8H2,1-4H3,(H,20,22). The molecule has 1 N–H and O–H groups in total. The zero-order valence-corrected chi connectivity index (χ0v) is 14.6. The Hall–Kier alpha value is -2.01. The predicted octanol–water partition coefficient (Wildman–Crippen LogP) is 3.90. The Balaban J connectivity index is 2.02. The normalized spacial score (nSPS) is 11.3. The average molecular weight is 336 g/mol. The van der Waals surface area contributed by atoms with E-state index in [1.165, 1.54) is 0 Å². The van der Waals surface area contributed by atoms with Crippen molar-refractivity contribution in [2.45, 2.75) is 39.7 Å². The number of nitrogens with one attached hydrogen (secondary N) is 1. The van der Waals surface area contributed by atoms with Crippen LogP contribution < -0.4 is 5.32 Å². The fourth-order valence-corrected chi connectivity index (χ4v) is 2.35. The highest BCUT2D eigenvalue weighted by molar-refractivity contribution is 6.32. The van der Waals surface area contributed by atoms with Crippen LogP contribution in [0.3, 0.4) is 0 Å². The van der Waals surface area contributed by atoms with Crippen molar-refractivity contribution in [3.05, 3.63) is 47.0 Å². The predicted molar refractivity (Wildman–Crippen MR) is 91.3 cm³/mol. The van der Waals surface area contributed by atoms with Crippen LogP contribution in [0.2, 0.25) is 5.02 Å². The Morgan fingerprint density at radius 1 is 1.39 bits per heavy atom. The quantitative estimate of drug-likeness (QED) is 0.921. The molecule has 0 unspecified atom stereocenters. The van der Waals surface area contributed by atoms with E-state index in [2.05, 4.69) is 10.3 Å². The number of nitrogens with zero attached hydrogens (tertiary/aromatic N) is 2. The van der Waals surface area contributed by atoms with Gasteiger partial charge in [0.1, 0.15) is 5.60 Å². The van der Waals surface area contributed by atoms with E-state index in [9.17, 15) is 4.79 Å². The lowest BCUT2D eigenvalue weighted by atomic mass is 10.2. The molecule has 1 heterocycles. The monoisotopic (exact) mass is 335 g/mol. The van der Waals surface area contributed by atoms with Crippen LogP contribution in [0, 0.1) is 6.92 Å². The minimum Gasteiger partial charge on any atom is -0.444 e. The molecule has 0 radical (unpaired) electrons. The molecular formula is C17H22ClN3O2. The minimum absolute atomic E-state index is 0.419. The van der Waals surface area contributed by atoms with Gasteiger partial charge in [-0.1, -0.05) is 17.7 Å². The molecule has 0 atom stereocenters. The largest absolute Gasteiger partial charge is 0.444 e. The summed E-state index contributed by atoms with van der Waals surface area (Å²) in [5.74, 6) is 0. The van der Waals surface area contributed by atoms with Gasteiger partial charge in [0.05, 0.1) is 17.0 Å². The van der Waals surface area contributed by atoms with Crippen LogP contribution in [-0.4, -0.2) is 27.8 Å². The van der Waals surface area contributed by atoms with Gasteiger partial charge in [-0.15, -0.1) is 0 Å². The van der Waals surface area contributed by atoms with Gasteiger partial charge in [-0.3, -0.25) is 0 Å². The van der Waals surface area contributed by atoms with Gasteiger partial charge >= 0.3 is 6.09 Å². The van der Waals surface area contributed by atoms with Gasteiger partial charge in [0, 0.05) is 24.9 Å². The van der Waals surface area contributed by atoms with Crippen LogP contribution in [-0.2, 0) is 11.2 Å². The highest BCUT2D eigenvalue weighted by Crippen LogP contribution is 2.23. The summed E-state index contributed by atoms with van der Waals surface area (Å²) in [5.41, 5.74) is 2.47. The molecule has 0 bridgehead atoms. The van der Waals surface area contributed by atoms with Crippen molar-refractivity contribution in [1.82, 2.24) is 14.9 Å². The number of hydrogen-bond donors (Lipinski definition) is 1. The van der Waals surface area contributed by atoms with Gasteiger partial charge in [0.2, 0.25) is 0 Å². The van der Waals surface area contributed by atoms with E-state index in [4.69, 9.17) is 16.3 Å². The molecule has 1 aromatic heterocycles. The highest BCUT2D eigenvalue weighted by atomic mass is 35.5. The van der Waals surface area contributed by atoms with Crippen molar-refractivity contribution < 1.29 is 9.53 Å². The summed E-state index contributed by atoms with van der Waals surface area (Å²) < 4.78 is 7.15. The molecule has 2 rings (SSSR count). The average Bonchev–Trinajstić information content (AvgIpc) is 2.88. The van der Waals surface area contributed by atoms with E-state index in [1.807, 2.05) is 50.5 Å². The number of rotatable bonds is 4. The molecule has 0 aliphatic rings. The lowest BCUT2D eigenvalue weighted by molar-refractivity contribution is 0.0528. The van der Waals surface area contributed by atoms with Crippen molar-refractivity contribution in [3.63, 3.8) is 0 Å². The van der Waals surface area contributed by atoms with Crippen LogP contribution in [0.25, 0.3) is 5.69 Å². The molecule has 5 nitrogen and oxygen atoms in total. The van der Waals surface area contributed by atoms with E-state index in [-0.39, 0.29) is 0 Å². The van der Waals surface area contributed by atoms with Crippen molar-refractivity contribution in [2.75, 3.05) is 6.54 Å². The zero-order chi connectivity index (χ0) is 17.0. The molecule has 124 valence electrons. The van der Waals surface area contributed by atoms with Crippen LogP contribution in [0.5, 0.6) is 0 Å². The van der Waals surface area contributed by atoms with Crippen LogP contribution in [0.15, 0.2) is 30.7 Å².